The monoisotopic (exact) mass is 481 g/mol. The molecule has 0 amide bonds. The second-order valence-corrected chi connectivity index (χ2v) is 7.60. The van der Waals surface area contributed by atoms with Gasteiger partial charge >= 0.3 is 11.9 Å². The van der Waals surface area contributed by atoms with Crippen molar-refractivity contribution in [3.63, 3.8) is 0 Å². The molecule has 1 unspecified atom stereocenters. The van der Waals surface area contributed by atoms with E-state index in [4.69, 9.17) is 14.2 Å². The van der Waals surface area contributed by atoms with Crippen LogP contribution < -0.4 is 5.32 Å². The fourth-order valence-electron chi connectivity index (χ4n) is 3.90. The van der Waals surface area contributed by atoms with Gasteiger partial charge in [0, 0.05) is 29.7 Å². The van der Waals surface area contributed by atoms with Gasteiger partial charge in [0.15, 0.2) is 0 Å². The van der Waals surface area contributed by atoms with Crippen LogP contribution in [0.5, 0.6) is 0 Å². The highest BCUT2D eigenvalue weighted by Gasteiger charge is 2.41. The average Bonchev–Trinajstić information content (AvgIpc) is 2.84. The van der Waals surface area contributed by atoms with E-state index >= 15 is 0 Å². The molecule has 0 bridgehead atoms. The van der Waals surface area contributed by atoms with Gasteiger partial charge in [0.1, 0.15) is 0 Å². The van der Waals surface area contributed by atoms with Crippen LogP contribution in [0.2, 0.25) is 0 Å². The Kier molecular flexibility index (Phi) is 8.69. The standard InChI is InChI=1S/C25H27N3O7/c1-4-34-24(29)21-16(3)27-19(15-33-14-17-9-8-12-26-13-17)23(25(30)35-5-2)22(21)18-10-6-7-11-20(18)28(31)32/h6-13,22,27H,4-5,14-15H2,1-3H3. The van der Waals surface area contributed by atoms with E-state index in [0.29, 0.717) is 11.4 Å². The van der Waals surface area contributed by atoms with Crippen molar-refractivity contribution in [1.29, 1.82) is 0 Å². The maximum atomic E-state index is 13.2. The number of aromatic nitrogens is 1. The zero-order chi connectivity index (χ0) is 25.4. The van der Waals surface area contributed by atoms with Gasteiger partial charge in [0.05, 0.1) is 54.1 Å². The molecular weight excluding hydrogens is 454 g/mol. The number of carbonyl (C=O) groups is 2. The van der Waals surface area contributed by atoms with Crippen molar-refractivity contribution in [2.45, 2.75) is 33.3 Å². The third-order valence-corrected chi connectivity index (χ3v) is 5.32. The van der Waals surface area contributed by atoms with Crippen molar-refractivity contribution < 1.29 is 28.7 Å². The summed E-state index contributed by atoms with van der Waals surface area (Å²) in [5, 5.41) is 14.9. The zero-order valence-electron chi connectivity index (χ0n) is 19.8. The number of para-hydroxylation sites is 1. The lowest BCUT2D eigenvalue weighted by molar-refractivity contribution is -0.385. The molecule has 1 aliphatic heterocycles. The highest BCUT2D eigenvalue weighted by Crippen LogP contribution is 2.42. The Balaban J connectivity index is 2.13. The van der Waals surface area contributed by atoms with E-state index in [0.717, 1.165) is 5.56 Å². The molecule has 10 nitrogen and oxygen atoms in total. The molecule has 184 valence electrons. The summed E-state index contributed by atoms with van der Waals surface area (Å²) < 4.78 is 16.4. The number of nitrogens with one attached hydrogen (secondary N) is 1. The first-order chi connectivity index (χ1) is 16.9. The number of rotatable bonds is 10. The molecule has 3 rings (SSSR count). The van der Waals surface area contributed by atoms with E-state index in [1.54, 1.807) is 45.3 Å². The third kappa shape index (κ3) is 5.90. The van der Waals surface area contributed by atoms with Crippen LogP contribution in [0.4, 0.5) is 5.69 Å². The van der Waals surface area contributed by atoms with Crippen molar-refractivity contribution in [3.05, 3.63) is 92.6 Å². The lowest BCUT2D eigenvalue weighted by Gasteiger charge is -2.31. The highest BCUT2D eigenvalue weighted by molar-refractivity contribution is 6.00. The quantitative estimate of drug-likeness (QED) is 0.307. The SMILES string of the molecule is CCOC(=O)C1=C(C)NC(COCc2cccnc2)=C(C(=O)OCC)C1c1ccccc1[N+](=O)[O-]. The van der Waals surface area contributed by atoms with Gasteiger partial charge in [0.2, 0.25) is 0 Å². The Bertz CT molecular complexity index is 1160. The van der Waals surface area contributed by atoms with Gasteiger partial charge in [-0.2, -0.15) is 0 Å². The number of hydrogen-bond donors (Lipinski definition) is 1. The summed E-state index contributed by atoms with van der Waals surface area (Å²) >= 11 is 0. The number of nitro benzene ring substituents is 1. The van der Waals surface area contributed by atoms with E-state index in [2.05, 4.69) is 10.3 Å². The summed E-state index contributed by atoms with van der Waals surface area (Å²) in [4.78, 5) is 41.6. The van der Waals surface area contributed by atoms with Crippen LogP contribution in [0.3, 0.4) is 0 Å². The fourth-order valence-corrected chi connectivity index (χ4v) is 3.90. The molecule has 1 N–H and O–H groups in total. The van der Waals surface area contributed by atoms with Crippen molar-refractivity contribution in [1.82, 2.24) is 10.3 Å². The minimum atomic E-state index is -1.09. The van der Waals surface area contributed by atoms with E-state index in [1.165, 1.54) is 18.2 Å². The number of esters is 2. The molecule has 0 fully saturated rings. The number of benzene rings is 1. The van der Waals surface area contributed by atoms with Gasteiger partial charge < -0.3 is 19.5 Å². The smallest absolute Gasteiger partial charge is 0.336 e. The highest BCUT2D eigenvalue weighted by atomic mass is 16.6. The molecule has 10 heteroatoms. The topological polar surface area (TPSA) is 130 Å². The van der Waals surface area contributed by atoms with Crippen LogP contribution in [0.1, 0.15) is 37.8 Å². The largest absolute Gasteiger partial charge is 0.463 e. The molecule has 2 heterocycles. The molecule has 2 aromatic rings. The van der Waals surface area contributed by atoms with E-state index in [-0.39, 0.29) is 48.8 Å². The van der Waals surface area contributed by atoms with Crippen LogP contribution in [-0.4, -0.2) is 41.7 Å². The Hall–Kier alpha value is -4.05. The van der Waals surface area contributed by atoms with Crippen LogP contribution in [-0.2, 0) is 30.4 Å². The van der Waals surface area contributed by atoms with Crippen molar-refractivity contribution in [3.8, 4) is 0 Å². The number of dihydropyridines is 1. The summed E-state index contributed by atoms with van der Waals surface area (Å²) in [7, 11) is 0. The summed E-state index contributed by atoms with van der Waals surface area (Å²) in [6.45, 7) is 5.32. The summed E-state index contributed by atoms with van der Waals surface area (Å²) in [5.41, 5.74) is 1.68. The molecule has 1 aromatic heterocycles. The molecule has 1 aromatic carbocycles. The minimum Gasteiger partial charge on any atom is -0.463 e. The molecular formula is C25H27N3O7. The molecule has 0 saturated heterocycles. The Morgan fingerprint density at radius 1 is 1.03 bits per heavy atom. The predicted octanol–water partition coefficient (Wildman–Crippen LogP) is 3.55. The summed E-state index contributed by atoms with van der Waals surface area (Å²) in [6.07, 6.45) is 3.31. The Morgan fingerprint density at radius 2 is 1.71 bits per heavy atom. The number of allylic oxidation sites excluding steroid dienone is 1. The first kappa shape index (κ1) is 25.6. The lowest BCUT2D eigenvalue weighted by atomic mass is 9.79. The van der Waals surface area contributed by atoms with E-state index < -0.39 is 22.8 Å². The van der Waals surface area contributed by atoms with Crippen LogP contribution in [0, 0.1) is 10.1 Å². The number of nitro groups is 1. The fraction of sp³-hybridized carbons (Fsp3) is 0.320. The molecule has 0 aliphatic carbocycles. The molecule has 0 spiro atoms. The molecule has 1 aliphatic rings. The van der Waals surface area contributed by atoms with Gasteiger partial charge in [-0.05, 0) is 32.4 Å². The van der Waals surface area contributed by atoms with Crippen molar-refractivity contribution in [2.24, 2.45) is 0 Å². The summed E-state index contributed by atoms with van der Waals surface area (Å²) in [6, 6.07) is 9.62. The normalized spacial score (nSPS) is 15.5. The maximum absolute atomic E-state index is 13.2. The molecule has 0 radical (unpaired) electrons. The molecule has 35 heavy (non-hydrogen) atoms. The van der Waals surface area contributed by atoms with Crippen LogP contribution in [0.15, 0.2) is 71.3 Å². The minimum absolute atomic E-state index is 0.0341. The van der Waals surface area contributed by atoms with Gasteiger partial charge in [-0.3, -0.25) is 15.1 Å². The number of hydrogen-bond acceptors (Lipinski definition) is 9. The first-order valence-electron chi connectivity index (χ1n) is 11.1. The number of pyridine rings is 1. The van der Waals surface area contributed by atoms with Crippen molar-refractivity contribution in [2.75, 3.05) is 19.8 Å². The zero-order valence-corrected chi connectivity index (χ0v) is 19.8. The first-order valence-corrected chi connectivity index (χ1v) is 11.1. The van der Waals surface area contributed by atoms with Crippen LogP contribution in [0.25, 0.3) is 0 Å². The van der Waals surface area contributed by atoms with Crippen molar-refractivity contribution >= 4 is 17.6 Å². The van der Waals surface area contributed by atoms with Gasteiger partial charge in [-0.25, -0.2) is 9.59 Å². The lowest BCUT2D eigenvalue weighted by Crippen LogP contribution is -2.35. The number of nitrogens with zero attached hydrogens (tertiary/aromatic N) is 2. The molecule has 0 saturated carbocycles. The Labute approximate surface area is 202 Å². The summed E-state index contributed by atoms with van der Waals surface area (Å²) in [5.74, 6) is -2.48. The predicted molar refractivity (Wildman–Crippen MR) is 126 cm³/mol. The number of carbonyl (C=O) groups excluding carboxylic acids is 2. The second-order valence-electron chi connectivity index (χ2n) is 7.60. The average molecular weight is 482 g/mol. The molecule has 1 atom stereocenters. The van der Waals surface area contributed by atoms with Gasteiger partial charge in [-0.1, -0.05) is 24.3 Å². The van der Waals surface area contributed by atoms with Crippen LogP contribution >= 0.6 is 0 Å². The van der Waals surface area contributed by atoms with Gasteiger partial charge in [0.25, 0.3) is 5.69 Å². The Morgan fingerprint density at radius 3 is 2.34 bits per heavy atom. The number of ether oxygens (including phenoxy) is 3. The van der Waals surface area contributed by atoms with E-state index in [9.17, 15) is 19.7 Å². The maximum Gasteiger partial charge on any atom is 0.336 e. The second kappa shape index (κ2) is 11.9. The van der Waals surface area contributed by atoms with E-state index in [1.807, 2.05) is 6.07 Å². The van der Waals surface area contributed by atoms with Gasteiger partial charge in [-0.15, -0.1) is 0 Å². The third-order valence-electron chi connectivity index (χ3n) is 5.32.